The number of benzene rings is 1. The van der Waals surface area contributed by atoms with Crippen molar-refractivity contribution in [2.45, 2.75) is 37.1 Å². The summed E-state index contributed by atoms with van der Waals surface area (Å²) in [7, 11) is 0. The van der Waals surface area contributed by atoms with Crippen LogP contribution in [-0.2, 0) is 0 Å². The van der Waals surface area contributed by atoms with E-state index in [9.17, 15) is 4.79 Å². The number of hydrogen-bond acceptors (Lipinski definition) is 3. The standard InChI is InChI=1S/C14H22N2OS.ClH/c1-4-14(15,5-2)10-16-13(17)11-8-6-7-9-12(11)18-3;/h6-9H,4-5,10,15H2,1-3H3,(H,16,17);1H. The van der Waals surface area contributed by atoms with Crippen LogP contribution >= 0.6 is 24.2 Å². The van der Waals surface area contributed by atoms with Crippen LogP contribution in [-0.4, -0.2) is 24.2 Å². The third-order valence-electron chi connectivity index (χ3n) is 3.36. The highest BCUT2D eigenvalue weighted by Crippen LogP contribution is 2.19. The number of thioether (sulfide) groups is 1. The first-order chi connectivity index (χ1) is 8.56. The van der Waals surface area contributed by atoms with E-state index in [-0.39, 0.29) is 23.9 Å². The molecule has 0 unspecified atom stereocenters. The fourth-order valence-corrected chi connectivity index (χ4v) is 2.28. The molecule has 0 heterocycles. The number of nitrogens with one attached hydrogen (secondary N) is 1. The van der Waals surface area contributed by atoms with Crippen molar-refractivity contribution in [3.05, 3.63) is 29.8 Å². The molecule has 0 aliphatic carbocycles. The number of amides is 1. The molecule has 0 bridgehead atoms. The van der Waals surface area contributed by atoms with Crippen LogP contribution in [0.4, 0.5) is 0 Å². The number of carbonyl (C=O) groups is 1. The lowest BCUT2D eigenvalue weighted by Gasteiger charge is -2.26. The largest absolute Gasteiger partial charge is 0.350 e. The minimum atomic E-state index is -0.302. The van der Waals surface area contributed by atoms with E-state index in [1.807, 2.05) is 44.4 Å². The smallest absolute Gasteiger partial charge is 0.252 e. The predicted octanol–water partition coefficient (Wildman–Crippen LogP) is 3.08. The molecule has 3 N–H and O–H groups in total. The van der Waals surface area contributed by atoms with Crippen LogP contribution in [0.3, 0.4) is 0 Å². The predicted molar refractivity (Wildman–Crippen MR) is 85.3 cm³/mol. The topological polar surface area (TPSA) is 55.1 Å². The maximum atomic E-state index is 12.1. The zero-order chi connectivity index (χ0) is 13.6. The number of halogens is 1. The Hall–Kier alpha value is -0.710. The minimum absolute atomic E-state index is 0. The normalized spacial score (nSPS) is 10.7. The molecule has 1 amide bonds. The molecule has 0 aliphatic rings. The first-order valence-electron chi connectivity index (χ1n) is 6.26. The maximum absolute atomic E-state index is 12.1. The minimum Gasteiger partial charge on any atom is -0.350 e. The summed E-state index contributed by atoms with van der Waals surface area (Å²) in [6.45, 7) is 4.61. The van der Waals surface area contributed by atoms with Crippen molar-refractivity contribution < 1.29 is 4.79 Å². The fourth-order valence-electron chi connectivity index (χ4n) is 1.68. The van der Waals surface area contributed by atoms with E-state index in [0.29, 0.717) is 6.54 Å². The van der Waals surface area contributed by atoms with Gasteiger partial charge < -0.3 is 11.1 Å². The van der Waals surface area contributed by atoms with E-state index < -0.39 is 0 Å². The van der Waals surface area contributed by atoms with E-state index >= 15 is 0 Å². The van der Waals surface area contributed by atoms with Gasteiger partial charge in [0.15, 0.2) is 0 Å². The summed E-state index contributed by atoms with van der Waals surface area (Å²) in [5.41, 5.74) is 6.59. The van der Waals surface area contributed by atoms with E-state index in [0.717, 1.165) is 23.3 Å². The maximum Gasteiger partial charge on any atom is 0.252 e. The summed E-state index contributed by atoms with van der Waals surface area (Å²) in [6, 6.07) is 7.62. The van der Waals surface area contributed by atoms with Crippen molar-refractivity contribution in [1.29, 1.82) is 0 Å². The second-order valence-electron chi connectivity index (χ2n) is 4.45. The molecule has 1 aromatic carbocycles. The molecule has 1 aromatic rings. The molecular formula is C14H23ClN2OS. The second kappa shape index (κ2) is 8.46. The van der Waals surface area contributed by atoms with Crippen molar-refractivity contribution in [2.75, 3.05) is 12.8 Å². The Morgan fingerprint density at radius 1 is 1.32 bits per heavy atom. The number of rotatable bonds is 6. The second-order valence-corrected chi connectivity index (χ2v) is 5.30. The Bertz CT molecular complexity index is 408. The van der Waals surface area contributed by atoms with Crippen molar-refractivity contribution in [3.8, 4) is 0 Å². The van der Waals surface area contributed by atoms with Gasteiger partial charge in [0.05, 0.1) is 5.56 Å². The van der Waals surface area contributed by atoms with Crippen LogP contribution in [0.1, 0.15) is 37.0 Å². The van der Waals surface area contributed by atoms with Crippen LogP contribution in [0.25, 0.3) is 0 Å². The molecular weight excluding hydrogens is 280 g/mol. The number of carbonyl (C=O) groups excluding carboxylic acids is 1. The van der Waals surface area contributed by atoms with Crippen LogP contribution in [0.5, 0.6) is 0 Å². The molecule has 1 rings (SSSR count). The molecule has 0 spiro atoms. The zero-order valence-electron chi connectivity index (χ0n) is 11.7. The lowest BCUT2D eigenvalue weighted by atomic mass is 9.94. The third-order valence-corrected chi connectivity index (χ3v) is 4.16. The Morgan fingerprint density at radius 2 is 1.89 bits per heavy atom. The van der Waals surface area contributed by atoms with Crippen molar-refractivity contribution in [1.82, 2.24) is 5.32 Å². The summed E-state index contributed by atoms with van der Waals surface area (Å²) >= 11 is 1.58. The van der Waals surface area contributed by atoms with Gasteiger partial charge in [0.2, 0.25) is 0 Å². The molecule has 108 valence electrons. The van der Waals surface area contributed by atoms with Crippen molar-refractivity contribution >= 4 is 30.1 Å². The molecule has 0 fully saturated rings. The van der Waals surface area contributed by atoms with Gasteiger partial charge in [0.25, 0.3) is 5.91 Å². The van der Waals surface area contributed by atoms with E-state index in [1.54, 1.807) is 11.8 Å². The van der Waals surface area contributed by atoms with Crippen molar-refractivity contribution in [3.63, 3.8) is 0 Å². The van der Waals surface area contributed by atoms with Gasteiger partial charge in [0.1, 0.15) is 0 Å². The first-order valence-corrected chi connectivity index (χ1v) is 7.49. The molecule has 0 aromatic heterocycles. The molecule has 0 atom stereocenters. The van der Waals surface area contributed by atoms with Gasteiger partial charge in [-0.2, -0.15) is 0 Å². The summed E-state index contributed by atoms with van der Waals surface area (Å²) in [6.07, 6.45) is 3.68. The van der Waals surface area contributed by atoms with Gasteiger partial charge in [-0.1, -0.05) is 26.0 Å². The van der Waals surface area contributed by atoms with Gasteiger partial charge in [-0.15, -0.1) is 24.2 Å². The van der Waals surface area contributed by atoms with E-state index in [4.69, 9.17) is 5.73 Å². The summed E-state index contributed by atoms with van der Waals surface area (Å²) in [5, 5.41) is 2.94. The molecule has 0 aliphatic heterocycles. The monoisotopic (exact) mass is 302 g/mol. The Balaban J connectivity index is 0.00000324. The Labute approximate surface area is 126 Å². The molecule has 3 nitrogen and oxygen atoms in total. The number of hydrogen-bond donors (Lipinski definition) is 2. The lowest BCUT2D eigenvalue weighted by Crippen LogP contribution is -2.49. The van der Waals surface area contributed by atoms with Crippen LogP contribution in [0, 0.1) is 0 Å². The van der Waals surface area contributed by atoms with Gasteiger partial charge in [-0.05, 0) is 31.2 Å². The third kappa shape index (κ3) is 5.05. The Kier molecular flexibility index (Phi) is 8.14. The highest BCUT2D eigenvalue weighted by Gasteiger charge is 2.21. The summed E-state index contributed by atoms with van der Waals surface area (Å²) < 4.78 is 0. The van der Waals surface area contributed by atoms with Gasteiger partial charge in [-0.25, -0.2) is 0 Å². The molecule has 0 radical (unpaired) electrons. The Morgan fingerprint density at radius 3 is 2.42 bits per heavy atom. The fraction of sp³-hybridized carbons (Fsp3) is 0.500. The van der Waals surface area contributed by atoms with E-state index in [2.05, 4.69) is 5.32 Å². The molecule has 0 saturated carbocycles. The molecule has 5 heteroatoms. The van der Waals surface area contributed by atoms with Crippen LogP contribution in [0.15, 0.2) is 29.2 Å². The summed E-state index contributed by atoms with van der Waals surface area (Å²) in [5.74, 6) is -0.0447. The zero-order valence-corrected chi connectivity index (χ0v) is 13.4. The first kappa shape index (κ1) is 18.3. The van der Waals surface area contributed by atoms with Gasteiger partial charge in [0, 0.05) is 17.0 Å². The average molecular weight is 303 g/mol. The molecule has 0 saturated heterocycles. The summed E-state index contributed by atoms with van der Waals surface area (Å²) in [4.78, 5) is 13.1. The SMILES string of the molecule is CCC(N)(CC)CNC(=O)c1ccccc1SC.Cl. The lowest BCUT2D eigenvalue weighted by molar-refractivity contribution is 0.0939. The van der Waals surface area contributed by atoms with Gasteiger partial charge in [-0.3, -0.25) is 4.79 Å². The highest BCUT2D eigenvalue weighted by atomic mass is 35.5. The van der Waals surface area contributed by atoms with Crippen LogP contribution < -0.4 is 11.1 Å². The molecule has 19 heavy (non-hydrogen) atoms. The quantitative estimate of drug-likeness (QED) is 0.794. The van der Waals surface area contributed by atoms with E-state index in [1.165, 1.54) is 0 Å². The number of nitrogens with two attached hydrogens (primary N) is 1. The highest BCUT2D eigenvalue weighted by molar-refractivity contribution is 7.98. The van der Waals surface area contributed by atoms with Crippen LogP contribution in [0.2, 0.25) is 0 Å². The van der Waals surface area contributed by atoms with Gasteiger partial charge >= 0.3 is 0 Å². The van der Waals surface area contributed by atoms with Crippen molar-refractivity contribution in [2.24, 2.45) is 5.73 Å². The average Bonchev–Trinajstić information content (AvgIpc) is 2.44.